The number of nitrogens with one attached hydrogen (secondary N) is 2. The number of anilines is 2. The Morgan fingerprint density at radius 2 is 2.05 bits per heavy atom. The molecule has 1 aromatic carbocycles. The number of benzene rings is 1. The van der Waals surface area contributed by atoms with Crippen molar-refractivity contribution >= 4 is 21.4 Å². The lowest BCUT2D eigenvalue weighted by Crippen LogP contribution is -2.27. The maximum Gasteiger partial charge on any atom is 0.229 e. The third-order valence-electron chi connectivity index (χ3n) is 4.25. The van der Waals surface area contributed by atoms with Crippen molar-refractivity contribution in [1.29, 1.82) is 0 Å². The van der Waals surface area contributed by atoms with Crippen LogP contribution >= 0.6 is 0 Å². The second-order valence-electron chi connectivity index (χ2n) is 6.19. The second kappa shape index (κ2) is 6.69. The Bertz CT molecular complexity index is 584. The summed E-state index contributed by atoms with van der Waals surface area (Å²) in [6, 6.07) is 6.34. The number of hydrogen-bond acceptors (Lipinski definition) is 3. The molecule has 5 heteroatoms. The summed E-state index contributed by atoms with van der Waals surface area (Å²) in [7, 11) is -3.22. The molecular weight excluding hydrogens is 284 g/mol. The lowest BCUT2D eigenvalue weighted by molar-refractivity contribution is 0.327. The Labute approximate surface area is 128 Å². The van der Waals surface area contributed by atoms with Crippen LogP contribution in [0.15, 0.2) is 18.2 Å². The molecule has 2 rings (SSSR count). The van der Waals surface area contributed by atoms with E-state index >= 15 is 0 Å². The normalized spacial score (nSPS) is 22.8. The average molecular weight is 310 g/mol. The van der Waals surface area contributed by atoms with Crippen LogP contribution in [0.25, 0.3) is 0 Å². The van der Waals surface area contributed by atoms with Gasteiger partial charge in [0.25, 0.3) is 0 Å². The van der Waals surface area contributed by atoms with E-state index in [1.54, 1.807) is 0 Å². The predicted octanol–water partition coefficient (Wildman–Crippen LogP) is 3.75. The van der Waals surface area contributed by atoms with Gasteiger partial charge in [0.05, 0.1) is 11.9 Å². The van der Waals surface area contributed by atoms with Crippen LogP contribution in [0.4, 0.5) is 11.4 Å². The van der Waals surface area contributed by atoms with Gasteiger partial charge in [-0.1, -0.05) is 26.2 Å². The highest BCUT2D eigenvalue weighted by Gasteiger charge is 2.20. The minimum Gasteiger partial charge on any atom is -0.382 e. The van der Waals surface area contributed by atoms with Crippen LogP contribution in [0.1, 0.15) is 44.6 Å². The molecule has 1 aromatic rings. The number of rotatable bonds is 5. The van der Waals surface area contributed by atoms with Crippen molar-refractivity contribution in [2.45, 2.75) is 52.0 Å². The van der Waals surface area contributed by atoms with E-state index in [1.165, 1.54) is 38.4 Å². The fraction of sp³-hybridized carbons (Fsp3) is 0.625. The van der Waals surface area contributed by atoms with Gasteiger partial charge in [0.1, 0.15) is 0 Å². The molecule has 1 saturated carbocycles. The monoisotopic (exact) mass is 310 g/mol. The molecule has 0 spiro atoms. The first-order valence-electron chi connectivity index (χ1n) is 7.72. The molecule has 1 aliphatic carbocycles. The predicted molar refractivity (Wildman–Crippen MR) is 89.3 cm³/mol. The fourth-order valence-electron chi connectivity index (χ4n) is 3.10. The second-order valence-corrected chi connectivity index (χ2v) is 7.93. The van der Waals surface area contributed by atoms with E-state index in [-0.39, 0.29) is 0 Å². The van der Waals surface area contributed by atoms with Crippen LogP contribution in [-0.4, -0.2) is 20.7 Å². The van der Waals surface area contributed by atoms with Crippen molar-refractivity contribution in [3.05, 3.63) is 23.8 Å². The van der Waals surface area contributed by atoms with Crippen LogP contribution in [0, 0.1) is 12.8 Å². The molecule has 0 aliphatic heterocycles. The van der Waals surface area contributed by atoms with Crippen molar-refractivity contribution in [3.63, 3.8) is 0 Å². The summed E-state index contributed by atoms with van der Waals surface area (Å²) < 4.78 is 25.1. The zero-order chi connectivity index (χ0) is 15.5. The maximum absolute atomic E-state index is 11.3. The van der Waals surface area contributed by atoms with Gasteiger partial charge < -0.3 is 5.32 Å². The zero-order valence-electron chi connectivity index (χ0n) is 13.1. The van der Waals surface area contributed by atoms with Gasteiger partial charge in [-0.2, -0.15) is 0 Å². The van der Waals surface area contributed by atoms with E-state index < -0.39 is 10.0 Å². The van der Waals surface area contributed by atoms with E-state index in [0.717, 1.165) is 17.2 Å². The number of sulfonamides is 1. The molecule has 0 amide bonds. The van der Waals surface area contributed by atoms with Crippen molar-refractivity contribution in [2.75, 3.05) is 16.3 Å². The smallest absolute Gasteiger partial charge is 0.229 e. The van der Waals surface area contributed by atoms with E-state index in [2.05, 4.69) is 17.0 Å². The summed E-state index contributed by atoms with van der Waals surface area (Å²) in [6.07, 6.45) is 7.53. The maximum atomic E-state index is 11.3. The van der Waals surface area contributed by atoms with Crippen molar-refractivity contribution < 1.29 is 8.42 Å². The van der Waals surface area contributed by atoms with Gasteiger partial charge >= 0.3 is 0 Å². The van der Waals surface area contributed by atoms with Crippen LogP contribution in [0.5, 0.6) is 0 Å². The largest absolute Gasteiger partial charge is 0.382 e. The summed E-state index contributed by atoms with van der Waals surface area (Å²) in [5.41, 5.74) is 2.67. The topological polar surface area (TPSA) is 58.2 Å². The summed E-state index contributed by atoms with van der Waals surface area (Å²) in [6.45, 7) is 4.19. The van der Waals surface area contributed by atoms with Crippen molar-refractivity contribution in [1.82, 2.24) is 0 Å². The third-order valence-corrected chi connectivity index (χ3v) is 4.84. The van der Waals surface area contributed by atoms with Gasteiger partial charge in [0.2, 0.25) is 10.0 Å². The zero-order valence-corrected chi connectivity index (χ0v) is 14.0. The Morgan fingerprint density at radius 1 is 1.29 bits per heavy atom. The van der Waals surface area contributed by atoms with Gasteiger partial charge in [-0.05, 0) is 49.4 Å². The molecule has 0 saturated heterocycles. The average Bonchev–Trinajstić information content (AvgIpc) is 2.41. The molecule has 0 heterocycles. The van der Waals surface area contributed by atoms with Crippen LogP contribution in [0.2, 0.25) is 0 Å². The molecule has 1 aliphatic rings. The minimum atomic E-state index is -3.22. The van der Waals surface area contributed by atoms with E-state index in [4.69, 9.17) is 0 Å². The number of aryl methyl sites for hydroxylation is 1. The van der Waals surface area contributed by atoms with Gasteiger partial charge in [-0.25, -0.2) is 8.42 Å². The summed E-state index contributed by atoms with van der Waals surface area (Å²) in [5.74, 6) is 0.837. The molecule has 4 nitrogen and oxygen atoms in total. The Balaban J connectivity index is 2.03. The first-order chi connectivity index (χ1) is 9.87. The highest BCUT2D eigenvalue weighted by molar-refractivity contribution is 7.92. The first-order valence-corrected chi connectivity index (χ1v) is 9.61. The fourth-order valence-corrected chi connectivity index (χ4v) is 3.72. The Hall–Kier alpha value is -1.23. The molecule has 1 fully saturated rings. The molecule has 0 bridgehead atoms. The lowest BCUT2D eigenvalue weighted by Gasteiger charge is -2.30. The van der Waals surface area contributed by atoms with Crippen LogP contribution in [-0.2, 0) is 10.0 Å². The third kappa shape index (κ3) is 4.92. The van der Waals surface area contributed by atoms with Gasteiger partial charge in [-0.15, -0.1) is 0 Å². The van der Waals surface area contributed by atoms with Crippen molar-refractivity contribution in [2.24, 2.45) is 5.92 Å². The van der Waals surface area contributed by atoms with Gasteiger partial charge in [0, 0.05) is 11.7 Å². The molecule has 21 heavy (non-hydrogen) atoms. The first kappa shape index (κ1) is 16.1. The van der Waals surface area contributed by atoms with E-state index in [0.29, 0.717) is 11.7 Å². The van der Waals surface area contributed by atoms with Crippen LogP contribution in [0.3, 0.4) is 0 Å². The SMILES string of the molecule is CCC1CCCC(Nc2ccc(NS(C)(=O)=O)c(C)c2)C1. The highest BCUT2D eigenvalue weighted by atomic mass is 32.2. The van der Waals surface area contributed by atoms with Crippen LogP contribution < -0.4 is 10.0 Å². The summed E-state index contributed by atoms with van der Waals surface area (Å²) in [4.78, 5) is 0. The van der Waals surface area contributed by atoms with Gasteiger partial charge in [-0.3, -0.25) is 4.72 Å². The quantitative estimate of drug-likeness (QED) is 0.871. The lowest BCUT2D eigenvalue weighted by atomic mass is 9.84. The molecule has 0 radical (unpaired) electrons. The summed E-state index contributed by atoms with van der Waals surface area (Å²) >= 11 is 0. The molecule has 2 atom stereocenters. The standard InChI is InChI=1S/C16H26N2O2S/c1-4-13-6-5-7-14(11-13)17-15-8-9-16(12(2)10-15)18-21(3,19)20/h8-10,13-14,17-18H,4-7,11H2,1-3H3. The Morgan fingerprint density at radius 3 is 2.67 bits per heavy atom. The van der Waals surface area contributed by atoms with E-state index in [1.807, 2.05) is 25.1 Å². The minimum absolute atomic E-state index is 0.539. The molecule has 2 N–H and O–H groups in total. The van der Waals surface area contributed by atoms with Crippen molar-refractivity contribution in [3.8, 4) is 0 Å². The molecular formula is C16H26N2O2S. The highest BCUT2D eigenvalue weighted by Crippen LogP contribution is 2.29. The molecule has 0 aromatic heterocycles. The Kier molecular flexibility index (Phi) is 5.14. The van der Waals surface area contributed by atoms with Gasteiger partial charge in [0.15, 0.2) is 0 Å². The summed E-state index contributed by atoms with van der Waals surface area (Å²) in [5, 5.41) is 3.60. The molecule has 2 unspecified atom stereocenters. The van der Waals surface area contributed by atoms with E-state index in [9.17, 15) is 8.42 Å². The number of hydrogen-bond donors (Lipinski definition) is 2. The molecule has 118 valence electrons.